The molecule has 7 nitrogen and oxygen atoms in total. The Hall–Kier alpha value is -2.12. The highest BCUT2D eigenvalue weighted by Crippen LogP contribution is 2.37. The number of carboxylic acid groups (broad SMARTS) is 1. The number of carbonyl (C=O) groups excluding carboxylic acids is 3. The molecule has 2 aliphatic rings. The van der Waals surface area contributed by atoms with Crippen molar-refractivity contribution < 1.29 is 24.3 Å². The summed E-state index contributed by atoms with van der Waals surface area (Å²) in [5.41, 5.74) is -1.24. The quantitative estimate of drug-likeness (QED) is 0.620. The normalized spacial score (nSPS) is 20.0. The molecule has 26 heavy (non-hydrogen) atoms. The summed E-state index contributed by atoms with van der Waals surface area (Å²) in [5, 5.41) is 10.3. The molecule has 1 heterocycles. The third kappa shape index (κ3) is 2.95. The minimum absolute atomic E-state index is 0.142. The summed E-state index contributed by atoms with van der Waals surface area (Å²) in [6.45, 7) is -0.231. The van der Waals surface area contributed by atoms with Crippen molar-refractivity contribution in [1.82, 2.24) is 9.80 Å². The highest BCUT2D eigenvalue weighted by atomic mass is 35.5. The van der Waals surface area contributed by atoms with E-state index in [1.54, 1.807) is 12.1 Å². The minimum Gasteiger partial charge on any atom is -0.479 e. The van der Waals surface area contributed by atoms with E-state index >= 15 is 0 Å². The number of amides is 4. The first-order chi connectivity index (χ1) is 12.3. The van der Waals surface area contributed by atoms with Crippen molar-refractivity contribution in [2.24, 2.45) is 0 Å². The number of aliphatic carboxylic acids is 1. The van der Waals surface area contributed by atoms with Crippen LogP contribution in [0.3, 0.4) is 0 Å². The number of carboxylic acids is 1. The van der Waals surface area contributed by atoms with Crippen LogP contribution in [0.15, 0.2) is 18.2 Å². The van der Waals surface area contributed by atoms with Gasteiger partial charge in [-0.3, -0.25) is 14.5 Å². The van der Waals surface area contributed by atoms with E-state index in [1.807, 2.05) is 0 Å². The summed E-state index contributed by atoms with van der Waals surface area (Å²) in [4.78, 5) is 50.9. The van der Waals surface area contributed by atoms with Crippen LogP contribution in [0, 0.1) is 0 Å². The Morgan fingerprint density at radius 3 is 2.31 bits per heavy atom. The van der Waals surface area contributed by atoms with Crippen molar-refractivity contribution in [1.29, 1.82) is 0 Å². The highest BCUT2D eigenvalue weighted by molar-refractivity contribution is 6.45. The third-order valence-electron chi connectivity index (χ3n) is 4.90. The van der Waals surface area contributed by atoms with Gasteiger partial charge < -0.3 is 5.11 Å². The molecule has 0 bridgehead atoms. The molecule has 1 saturated carbocycles. The van der Waals surface area contributed by atoms with Crippen LogP contribution in [0.2, 0.25) is 10.0 Å². The van der Waals surface area contributed by atoms with Crippen molar-refractivity contribution in [2.75, 3.05) is 0 Å². The molecular weight excluding hydrogens is 383 g/mol. The predicted molar refractivity (Wildman–Crippen MR) is 92.7 cm³/mol. The van der Waals surface area contributed by atoms with Crippen LogP contribution in [-0.4, -0.2) is 44.3 Å². The molecule has 1 N–H and O–H groups in total. The Kier molecular flexibility index (Phi) is 4.94. The Balaban J connectivity index is 1.93. The van der Waals surface area contributed by atoms with Gasteiger partial charge in [0.05, 0.1) is 6.54 Å². The van der Waals surface area contributed by atoms with Gasteiger partial charge in [0.2, 0.25) is 0 Å². The Labute approximate surface area is 159 Å². The first-order valence-electron chi connectivity index (χ1n) is 8.15. The van der Waals surface area contributed by atoms with E-state index in [0.717, 1.165) is 11.3 Å². The first-order valence-corrected chi connectivity index (χ1v) is 8.91. The largest absolute Gasteiger partial charge is 0.479 e. The van der Waals surface area contributed by atoms with E-state index in [0.29, 0.717) is 28.3 Å². The average Bonchev–Trinajstić information content (AvgIpc) is 2.81. The maximum Gasteiger partial charge on any atom is 0.335 e. The zero-order valence-corrected chi connectivity index (χ0v) is 15.2. The number of hydrogen-bond donors (Lipinski definition) is 1. The predicted octanol–water partition coefficient (Wildman–Crippen LogP) is 3.07. The fourth-order valence-electron chi connectivity index (χ4n) is 3.51. The minimum atomic E-state index is -1.67. The Morgan fingerprint density at radius 2 is 1.73 bits per heavy atom. The molecule has 0 radical (unpaired) electrons. The van der Waals surface area contributed by atoms with Gasteiger partial charge in [0.25, 0.3) is 0 Å². The standard InChI is InChI=1S/C17H16Cl2N2O5/c18-11-5-4-10(12(19)8-11)9-20-13(22)14(23)21(16(20)26)17(15(24)25)6-2-1-3-7-17/h4-5,8H,1-3,6-7,9H2,(H,24,25). The molecule has 1 aromatic rings. The monoisotopic (exact) mass is 398 g/mol. The van der Waals surface area contributed by atoms with E-state index in [-0.39, 0.29) is 24.4 Å². The van der Waals surface area contributed by atoms with E-state index in [9.17, 15) is 24.3 Å². The fraction of sp³-hybridized carbons (Fsp3) is 0.412. The van der Waals surface area contributed by atoms with Crippen molar-refractivity contribution in [3.8, 4) is 0 Å². The number of nitrogens with zero attached hydrogens (tertiary/aromatic N) is 2. The lowest BCUT2D eigenvalue weighted by molar-refractivity contribution is -0.158. The number of imide groups is 2. The second-order valence-corrected chi connectivity index (χ2v) is 7.29. The molecule has 4 amide bonds. The van der Waals surface area contributed by atoms with Gasteiger partial charge in [-0.2, -0.15) is 0 Å². The van der Waals surface area contributed by atoms with Crippen LogP contribution in [0.4, 0.5) is 4.79 Å². The van der Waals surface area contributed by atoms with Gasteiger partial charge >= 0.3 is 23.8 Å². The average molecular weight is 399 g/mol. The van der Waals surface area contributed by atoms with Crippen LogP contribution in [-0.2, 0) is 20.9 Å². The van der Waals surface area contributed by atoms with Gasteiger partial charge in [-0.25, -0.2) is 14.5 Å². The summed E-state index contributed by atoms with van der Waals surface area (Å²) in [5.74, 6) is -3.42. The van der Waals surface area contributed by atoms with E-state index in [2.05, 4.69) is 0 Å². The molecule has 138 valence electrons. The maximum atomic E-state index is 12.8. The van der Waals surface area contributed by atoms with Crippen LogP contribution >= 0.6 is 23.2 Å². The third-order valence-corrected chi connectivity index (χ3v) is 5.49. The van der Waals surface area contributed by atoms with Crippen LogP contribution in [0.1, 0.15) is 37.7 Å². The lowest BCUT2D eigenvalue weighted by atomic mass is 9.80. The summed E-state index contributed by atoms with van der Waals surface area (Å²) >= 11 is 11.9. The van der Waals surface area contributed by atoms with Crippen LogP contribution in [0.25, 0.3) is 0 Å². The molecule has 0 aromatic heterocycles. The maximum absolute atomic E-state index is 12.8. The van der Waals surface area contributed by atoms with Crippen molar-refractivity contribution >= 4 is 47.0 Å². The van der Waals surface area contributed by atoms with Crippen molar-refractivity contribution in [2.45, 2.75) is 44.2 Å². The SMILES string of the molecule is O=C1C(=O)N(C2(C(=O)O)CCCCC2)C(=O)N1Cc1ccc(Cl)cc1Cl. The van der Waals surface area contributed by atoms with Crippen LogP contribution < -0.4 is 0 Å². The van der Waals surface area contributed by atoms with Gasteiger partial charge in [-0.15, -0.1) is 0 Å². The summed E-state index contributed by atoms with van der Waals surface area (Å²) in [7, 11) is 0. The zero-order chi connectivity index (χ0) is 19.1. The lowest BCUT2D eigenvalue weighted by Gasteiger charge is -2.38. The van der Waals surface area contributed by atoms with E-state index in [4.69, 9.17) is 23.2 Å². The number of halogens is 2. The first kappa shape index (κ1) is 18.7. The number of carbonyl (C=O) groups is 4. The van der Waals surface area contributed by atoms with Gasteiger partial charge in [0.15, 0.2) is 0 Å². The number of rotatable bonds is 4. The molecule has 3 rings (SSSR count). The molecule has 1 saturated heterocycles. The smallest absolute Gasteiger partial charge is 0.335 e. The summed E-state index contributed by atoms with van der Waals surface area (Å²) in [6, 6.07) is 3.64. The van der Waals surface area contributed by atoms with Crippen molar-refractivity contribution in [3.05, 3.63) is 33.8 Å². The fourth-order valence-corrected chi connectivity index (χ4v) is 3.98. The molecule has 1 aliphatic heterocycles. The topological polar surface area (TPSA) is 95.0 Å². The van der Waals surface area contributed by atoms with E-state index < -0.39 is 29.4 Å². The Morgan fingerprint density at radius 1 is 1.08 bits per heavy atom. The zero-order valence-electron chi connectivity index (χ0n) is 13.7. The molecule has 0 unspecified atom stereocenters. The lowest BCUT2D eigenvalue weighted by Crippen LogP contribution is -2.58. The van der Waals surface area contributed by atoms with Crippen molar-refractivity contribution in [3.63, 3.8) is 0 Å². The molecule has 0 atom stereocenters. The number of hydrogen-bond acceptors (Lipinski definition) is 4. The number of benzene rings is 1. The van der Waals surface area contributed by atoms with Crippen LogP contribution in [0.5, 0.6) is 0 Å². The van der Waals surface area contributed by atoms with Gasteiger partial charge in [-0.1, -0.05) is 48.5 Å². The van der Waals surface area contributed by atoms with Gasteiger partial charge in [0, 0.05) is 10.0 Å². The second kappa shape index (κ2) is 6.89. The molecular formula is C17H16Cl2N2O5. The molecule has 9 heteroatoms. The molecule has 0 spiro atoms. The van der Waals surface area contributed by atoms with E-state index in [1.165, 1.54) is 6.07 Å². The second-order valence-electron chi connectivity index (χ2n) is 6.45. The molecule has 1 aliphatic carbocycles. The number of urea groups is 1. The molecule has 1 aromatic carbocycles. The van der Waals surface area contributed by atoms with Gasteiger partial charge in [-0.05, 0) is 30.5 Å². The summed E-state index contributed by atoms with van der Waals surface area (Å²) < 4.78 is 0. The van der Waals surface area contributed by atoms with Gasteiger partial charge in [0.1, 0.15) is 5.54 Å². The highest BCUT2D eigenvalue weighted by Gasteiger charge is 2.58. The molecule has 2 fully saturated rings. The Bertz CT molecular complexity index is 804. The summed E-state index contributed by atoms with van der Waals surface area (Å²) in [6.07, 6.45) is 2.25.